The molecule has 2 heterocycles. The standard InChI is InChI=1S/C29H27FN2O6/c30-22-10-7-19(8-11-22)18-3-5-20(6-4-18)28(35)29(36)31-23(17-32-13-1-2-26(32)33)27(34)21-9-12-24-25(16-21)38-15-14-37-24/h3-12,16,23,27,34H,1-2,13-15,17H2,(H,31,36). The largest absolute Gasteiger partial charge is 0.486 e. The van der Waals surface area contributed by atoms with Crippen LogP contribution in [0.25, 0.3) is 11.1 Å². The Balaban J connectivity index is 1.33. The van der Waals surface area contributed by atoms with E-state index < -0.39 is 23.8 Å². The Morgan fingerprint density at radius 1 is 0.947 bits per heavy atom. The summed E-state index contributed by atoms with van der Waals surface area (Å²) in [5, 5.41) is 13.9. The highest BCUT2D eigenvalue weighted by atomic mass is 19.1. The molecule has 3 aromatic carbocycles. The lowest BCUT2D eigenvalue weighted by molar-refractivity contribution is -0.129. The average molecular weight is 519 g/mol. The third kappa shape index (κ3) is 5.52. The summed E-state index contributed by atoms with van der Waals surface area (Å²) in [4.78, 5) is 39.8. The Hall–Kier alpha value is -4.24. The van der Waals surface area contributed by atoms with Crippen molar-refractivity contribution in [3.8, 4) is 22.6 Å². The van der Waals surface area contributed by atoms with E-state index in [9.17, 15) is 23.9 Å². The molecular weight excluding hydrogens is 491 g/mol. The van der Waals surface area contributed by atoms with Gasteiger partial charge in [0.25, 0.3) is 5.91 Å². The number of ether oxygens (including phenoxy) is 2. The number of hydrogen-bond donors (Lipinski definition) is 2. The summed E-state index contributed by atoms with van der Waals surface area (Å²) in [6, 6.07) is 16.4. The predicted molar refractivity (Wildman–Crippen MR) is 136 cm³/mol. The minimum absolute atomic E-state index is 0.0525. The van der Waals surface area contributed by atoms with Gasteiger partial charge in [-0.25, -0.2) is 4.39 Å². The van der Waals surface area contributed by atoms with Gasteiger partial charge in [0.2, 0.25) is 11.7 Å². The summed E-state index contributed by atoms with van der Waals surface area (Å²) in [6.45, 7) is 1.37. The fourth-order valence-corrected chi connectivity index (χ4v) is 4.66. The number of benzene rings is 3. The number of halogens is 1. The van der Waals surface area contributed by atoms with E-state index in [2.05, 4.69) is 5.32 Å². The number of aliphatic hydroxyl groups is 1. The number of fused-ring (bicyclic) bond motifs is 1. The zero-order valence-corrected chi connectivity index (χ0v) is 20.6. The number of ketones is 1. The Labute approximate surface area is 219 Å². The van der Waals surface area contributed by atoms with E-state index in [0.717, 1.165) is 11.1 Å². The van der Waals surface area contributed by atoms with Crippen molar-refractivity contribution >= 4 is 17.6 Å². The highest BCUT2D eigenvalue weighted by molar-refractivity contribution is 6.42. The van der Waals surface area contributed by atoms with Gasteiger partial charge >= 0.3 is 0 Å². The molecule has 0 aliphatic carbocycles. The lowest BCUT2D eigenvalue weighted by Crippen LogP contribution is -2.49. The Kier molecular flexibility index (Phi) is 7.37. The monoisotopic (exact) mass is 518 g/mol. The van der Waals surface area contributed by atoms with Crippen LogP contribution in [0, 0.1) is 5.82 Å². The Bertz CT molecular complexity index is 1340. The van der Waals surface area contributed by atoms with Gasteiger partial charge in [0, 0.05) is 25.1 Å². The van der Waals surface area contributed by atoms with Crippen molar-refractivity contribution in [2.45, 2.75) is 25.0 Å². The molecule has 38 heavy (non-hydrogen) atoms. The number of Topliss-reactive ketones (excluding diaryl/α,β-unsaturated/α-hetero) is 1. The quantitative estimate of drug-likeness (QED) is 0.350. The molecule has 196 valence electrons. The number of carbonyl (C=O) groups excluding carboxylic acids is 3. The molecular formula is C29H27FN2O6. The molecule has 0 bridgehead atoms. The normalized spacial score (nSPS) is 16.2. The minimum Gasteiger partial charge on any atom is -0.486 e. The van der Waals surface area contributed by atoms with E-state index in [1.54, 1.807) is 47.4 Å². The van der Waals surface area contributed by atoms with Gasteiger partial charge in [-0.05, 0) is 47.4 Å². The van der Waals surface area contributed by atoms with Gasteiger partial charge in [-0.15, -0.1) is 0 Å². The van der Waals surface area contributed by atoms with E-state index in [1.807, 2.05) is 0 Å². The molecule has 3 aromatic rings. The summed E-state index contributed by atoms with van der Waals surface area (Å²) in [6.07, 6.45) is -0.115. The number of nitrogens with zero attached hydrogens (tertiary/aromatic N) is 1. The molecule has 0 spiro atoms. The SMILES string of the molecule is O=C(NC(CN1CCCC1=O)C(O)c1ccc2c(c1)OCCO2)C(=O)c1ccc(-c2ccc(F)cc2)cc1. The molecule has 1 saturated heterocycles. The first-order valence-electron chi connectivity index (χ1n) is 12.5. The van der Waals surface area contributed by atoms with Gasteiger partial charge in [-0.1, -0.05) is 42.5 Å². The van der Waals surface area contributed by atoms with Crippen molar-refractivity contribution in [2.75, 3.05) is 26.3 Å². The third-order valence-corrected chi connectivity index (χ3v) is 6.72. The topological polar surface area (TPSA) is 105 Å². The first-order valence-corrected chi connectivity index (χ1v) is 12.5. The van der Waals surface area contributed by atoms with Crippen molar-refractivity contribution in [3.63, 3.8) is 0 Å². The van der Waals surface area contributed by atoms with Crippen molar-refractivity contribution in [1.82, 2.24) is 10.2 Å². The van der Waals surface area contributed by atoms with Crippen LogP contribution in [0.4, 0.5) is 4.39 Å². The molecule has 1 fully saturated rings. The fourth-order valence-electron chi connectivity index (χ4n) is 4.66. The number of aliphatic hydroxyl groups excluding tert-OH is 1. The summed E-state index contributed by atoms with van der Waals surface area (Å²) in [5.41, 5.74) is 2.16. The molecule has 2 atom stereocenters. The van der Waals surface area contributed by atoms with Crippen LogP contribution in [0.15, 0.2) is 66.7 Å². The van der Waals surface area contributed by atoms with Crippen LogP contribution >= 0.6 is 0 Å². The lowest BCUT2D eigenvalue weighted by Gasteiger charge is -2.29. The molecule has 9 heteroatoms. The lowest BCUT2D eigenvalue weighted by atomic mass is 9.99. The van der Waals surface area contributed by atoms with Gasteiger partial charge in [0.1, 0.15) is 25.1 Å². The summed E-state index contributed by atoms with van der Waals surface area (Å²) >= 11 is 0. The van der Waals surface area contributed by atoms with E-state index in [1.165, 1.54) is 24.3 Å². The van der Waals surface area contributed by atoms with Crippen LogP contribution in [0.5, 0.6) is 11.5 Å². The smallest absolute Gasteiger partial charge is 0.292 e. The van der Waals surface area contributed by atoms with Crippen molar-refractivity contribution in [2.24, 2.45) is 0 Å². The number of rotatable bonds is 8. The Morgan fingerprint density at radius 2 is 1.61 bits per heavy atom. The van der Waals surface area contributed by atoms with E-state index >= 15 is 0 Å². The average Bonchev–Trinajstić information content (AvgIpc) is 3.36. The summed E-state index contributed by atoms with van der Waals surface area (Å²) in [5.74, 6) is -1.05. The van der Waals surface area contributed by atoms with Gasteiger partial charge in [-0.2, -0.15) is 0 Å². The third-order valence-electron chi connectivity index (χ3n) is 6.72. The molecule has 0 saturated carbocycles. The van der Waals surface area contributed by atoms with E-state index in [0.29, 0.717) is 49.7 Å². The van der Waals surface area contributed by atoms with Crippen LogP contribution in [-0.2, 0) is 9.59 Å². The number of amides is 2. The van der Waals surface area contributed by atoms with Gasteiger partial charge < -0.3 is 24.8 Å². The molecule has 5 rings (SSSR count). The van der Waals surface area contributed by atoms with Crippen LogP contribution in [-0.4, -0.2) is 59.9 Å². The van der Waals surface area contributed by atoms with Crippen LogP contribution in [0.3, 0.4) is 0 Å². The molecule has 0 aromatic heterocycles. The van der Waals surface area contributed by atoms with Gasteiger partial charge in [0.05, 0.1) is 6.04 Å². The fraction of sp³-hybridized carbons (Fsp3) is 0.276. The first-order chi connectivity index (χ1) is 18.4. The van der Waals surface area contributed by atoms with Crippen LogP contribution in [0.2, 0.25) is 0 Å². The molecule has 2 aliphatic heterocycles. The zero-order valence-electron chi connectivity index (χ0n) is 20.6. The first kappa shape index (κ1) is 25.4. The predicted octanol–water partition coefficient (Wildman–Crippen LogP) is 3.29. The van der Waals surface area contributed by atoms with Crippen molar-refractivity contribution in [1.29, 1.82) is 0 Å². The minimum atomic E-state index is -1.21. The summed E-state index contributed by atoms with van der Waals surface area (Å²) in [7, 11) is 0. The molecule has 2 N–H and O–H groups in total. The van der Waals surface area contributed by atoms with Crippen molar-refractivity contribution < 1.29 is 33.4 Å². The number of hydrogen-bond acceptors (Lipinski definition) is 6. The highest BCUT2D eigenvalue weighted by Gasteiger charge is 2.32. The second kappa shape index (κ2) is 11.0. The van der Waals surface area contributed by atoms with E-state index in [4.69, 9.17) is 9.47 Å². The van der Waals surface area contributed by atoms with Gasteiger partial charge in [-0.3, -0.25) is 14.4 Å². The number of likely N-dealkylation sites (tertiary alicyclic amines) is 1. The number of nitrogens with one attached hydrogen (secondary N) is 1. The maximum atomic E-state index is 13.2. The molecule has 2 aliphatic rings. The van der Waals surface area contributed by atoms with Gasteiger partial charge in [0.15, 0.2) is 11.5 Å². The van der Waals surface area contributed by atoms with Crippen LogP contribution < -0.4 is 14.8 Å². The highest BCUT2D eigenvalue weighted by Crippen LogP contribution is 2.33. The second-order valence-corrected chi connectivity index (χ2v) is 9.28. The second-order valence-electron chi connectivity index (χ2n) is 9.28. The summed E-state index contributed by atoms with van der Waals surface area (Å²) < 4.78 is 24.4. The Morgan fingerprint density at radius 3 is 2.26 bits per heavy atom. The van der Waals surface area contributed by atoms with Crippen molar-refractivity contribution in [3.05, 3.63) is 83.7 Å². The molecule has 2 unspecified atom stereocenters. The number of carbonyl (C=O) groups is 3. The maximum absolute atomic E-state index is 13.2. The molecule has 2 amide bonds. The molecule has 0 radical (unpaired) electrons. The maximum Gasteiger partial charge on any atom is 0.292 e. The molecule has 8 nitrogen and oxygen atoms in total. The van der Waals surface area contributed by atoms with Crippen LogP contribution in [0.1, 0.15) is 34.9 Å². The van der Waals surface area contributed by atoms with E-state index in [-0.39, 0.29) is 23.8 Å². The zero-order chi connectivity index (χ0) is 26.6.